The van der Waals surface area contributed by atoms with Crippen LogP contribution in [0.1, 0.15) is 11.1 Å². The summed E-state index contributed by atoms with van der Waals surface area (Å²) in [4.78, 5) is 0. The SMILES string of the molecule is Cc1c(F)sc2cccc(CCl)c12. The topological polar surface area (TPSA) is 0 Å². The number of rotatable bonds is 1. The molecule has 0 fully saturated rings. The molecule has 0 unspecified atom stereocenters. The van der Waals surface area contributed by atoms with Crippen LogP contribution in [-0.2, 0) is 5.88 Å². The minimum absolute atomic E-state index is 0.104. The maximum atomic E-state index is 13.2. The molecule has 2 aromatic rings. The van der Waals surface area contributed by atoms with Gasteiger partial charge in [-0.15, -0.1) is 22.9 Å². The molecular formula is C10H8ClFS. The van der Waals surface area contributed by atoms with E-state index in [2.05, 4.69) is 0 Å². The summed E-state index contributed by atoms with van der Waals surface area (Å²) in [5.41, 5.74) is 1.73. The Balaban J connectivity index is 2.87. The van der Waals surface area contributed by atoms with Crippen molar-refractivity contribution in [1.29, 1.82) is 0 Å². The summed E-state index contributed by atoms with van der Waals surface area (Å²) in [5.74, 6) is 0.439. The van der Waals surface area contributed by atoms with E-state index in [0.29, 0.717) is 5.88 Å². The summed E-state index contributed by atoms with van der Waals surface area (Å²) in [6.07, 6.45) is 0. The van der Waals surface area contributed by atoms with Gasteiger partial charge in [0.2, 0.25) is 0 Å². The fourth-order valence-corrected chi connectivity index (χ4v) is 2.67. The van der Waals surface area contributed by atoms with Gasteiger partial charge in [-0.1, -0.05) is 12.1 Å². The van der Waals surface area contributed by atoms with Crippen molar-refractivity contribution in [3.05, 3.63) is 34.5 Å². The molecule has 0 aliphatic heterocycles. The van der Waals surface area contributed by atoms with Crippen molar-refractivity contribution in [2.75, 3.05) is 0 Å². The minimum atomic E-state index is -0.104. The third kappa shape index (κ3) is 1.34. The fraction of sp³-hybridized carbons (Fsp3) is 0.200. The third-order valence-corrected chi connectivity index (χ3v) is 3.46. The molecule has 0 nitrogen and oxygen atoms in total. The number of hydrogen-bond acceptors (Lipinski definition) is 1. The molecule has 3 heteroatoms. The Bertz CT molecular complexity index is 447. The van der Waals surface area contributed by atoms with Gasteiger partial charge in [0.15, 0.2) is 5.13 Å². The first-order valence-electron chi connectivity index (χ1n) is 3.96. The van der Waals surface area contributed by atoms with Crippen LogP contribution < -0.4 is 0 Å². The maximum Gasteiger partial charge on any atom is 0.180 e. The molecule has 0 aliphatic rings. The minimum Gasteiger partial charge on any atom is -0.195 e. The largest absolute Gasteiger partial charge is 0.195 e. The zero-order valence-electron chi connectivity index (χ0n) is 7.10. The van der Waals surface area contributed by atoms with Crippen LogP contribution >= 0.6 is 22.9 Å². The van der Waals surface area contributed by atoms with Crippen LogP contribution in [0.15, 0.2) is 18.2 Å². The van der Waals surface area contributed by atoms with Gasteiger partial charge in [-0.2, -0.15) is 4.39 Å². The number of alkyl halides is 1. The Morgan fingerprint density at radius 3 is 2.92 bits per heavy atom. The first kappa shape index (κ1) is 8.97. The average molecular weight is 215 g/mol. The van der Waals surface area contributed by atoms with Crippen LogP contribution in [0.2, 0.25) is 0 Å². The van der Waals surface area contributed by atoms with E-state index in [1.165, 1.54) is 11.3 Å². The summed E-state index contributed by atoms with van der Waals surface area (Å²) < 4.78 is 14.2. The van der Waals surface area contributed by atoms with Crippen molar-refractivity contribution in [3.8, 4) is 0 Å². The van der Waals surface area contributed by atoms with Gasteiger partial charge in [0.1, 0.15) is 0 Å². The van der Waals surface area contributed by atoms with Crippen molar-refractivity contribution >= 4 is 33.0 Å². The van der Waals surface area contributed by atoms with E-state index in [0.717, 1.165) is 21.2 Å². The second kappa shape index (κ2) is 3.28. The third-order valence-electron chi connectivity index (χ3n) is 2.13. The zero-order valence-corrected chi connectivity index (χ0v) is 8.68. The van der Waals surface area contributed by atoms with E-state index in [4.69, 9.17) is 11.6 Å². The lowest BCUT2D eigenvalue weighted by atomic mass is 10.1. The van der Waals surface area contributed by atoms with E-state index in [1.54, 1.807) is 6.92 Å². The quantitative estimate of drug-likeness (QED) is 0.628. The van der Waals surface area contributed by atoms with Gasteiger partial charge in [0.05, 0.1) is 0 Å². The molecule has 1 aromatic carbocycles. The highest BCUT2D eigenvalue weighted by Gasteiger charge is 2.10. The second-order valence-electron chi connectivity index (χ2n) is 2.92. The number of aryl methyl sites for hydroxylation is 1. The molecular weight excluding hydrogens is 207 g/mol. The predicted molar refractivity (Wildman–Crippen MR) is 56.1 cm³/mol. The lowest BCUT2D eigenvalue weighted by Gasteiger charge is -1.98. The number of benzene rings is 1. The number of fused-ring (bicyclic) bond motifs is 1. The van der Waals surface area contributed by atoms with Crippen LogP contribution in [0.4, 0.5) is 4.39 Å². The molecule has 0 amide bonds. The number of thiophene rings is 1. The van der Waals surface area contributed by atoms with Gasteiger partial charge in [0.25, 0.3) is 0 Å². The molecule has 13 heavy (non-hydrogen) atoms. The van der Waals surface area contributed by atoms with Crippen molar-refractivity contribution < 1.29 is 4.39 Å². The van der Waals surface area contributed by atoms with E-state index < -0.39 is 0 Å². The van der Waals surface area contributed by atoms with Crippen molar-refractivity contribution in [1.82, 2.24) is 0 Å². The van der Waals surface area contributed by atoms with Crippen molar-refractivity contribution in [2.45, 2.75) is 12.8 Å². The molecule has 68 valence electrons. The highest BCUT2D eigenvalue weighted by Crippen LogP contribution is 2.32. The Morgan fingerprint density at radius 2 is 2.23 bits per heavy atom. The Morgan fingerprint density at radius 1 is 1.46 bits per heavy atom. The van der Waals surface area contributed by atoms with E-state index in [1.807, 2.05) is 18.2 Å². The highest BCUT2D eigenvalue weighted by atomic mass is 35.5. The van der Waals surface area contributed by atoms with Gasteiger partial charge < -0.3 is 0 Å². The normalized spacial score (nSPS) is 11.0. The monoisotopic (exact) mass is 214 g/mol. The molecule has 0 saturated carbocycles. The van der Waals surface area contributed by atoms with Gasteiger partial charge in [-0.25, -0.2) is 0 Å². The molecule has 1 heterocycles. The Hall–Kier alpha value is -0.600. The predicted octanol–water partition coefficient (Wildman–Crippen LogP) is 4.09. The number of halogens is 2. The average Bonchev–Trinajstić information content (AvgIpc) is 2.43. The molecule has 0 bridgehead atoms. The first-order valence-corrected chi connectivity index (χ1v) is 5.31. The Kier molecular flexibility index (Phi) is 2.26. The van der Waals surface area contributed by atoms with Crippen LogP contribution in [-0.4, -0.2) is 0 Å². The van der Waals surface area contributed by atoms with Crippen LogP contribution in [0.5, 0.6) is 0 Å². The smallest absolute Gasteiger partial charge is 0.180 e. The van der Waals surface area contributed by atoms with Gasteiger partial charge >= 0.3 is 0 Å². The standard InChI is InChI=1S/C10H8ClFS/c1-6-9-7(5-11)3-2-4-8(9)13-10(6)12/h2-4H,5H2,1H3. The first-order chi connectivity index (χ1) is 6.24. The molecule has 0 radical (unpaired) electrons. The van der Waals surface area contributed by atoms with Crippen LogP contribution in [0, 0.1) is 12.1 Å². The summed E-state index contributed by atoms with van der Waals surface area (Å²) in [7, 11) is 0. The molecule has 0 atom stereocenters. The van der Waals surface area contributed by atoms with Crippen molar-refractivity contribution in [2.24, 2.45) is 0 Å². The highest BCUT2D eigenvalue weighted by molar-refractivity contribution is 7.17. The van der Waals surface area contributed by atoms with Gasteiger partial charge in [-0.05, 0) is 18.6 Å². The molecule has 0 aliphatic carbocycles. The number of hydrogen-bond donors (Lipinski definition) is 0. The summed E-state index contributed by atoms with van der Waals surface area (Å²) in [6, 6.07) is 5.77. The molecule has 1 aromatic heterocycles. The maximum absolute atomic E-state index is 13.2. The molecule has 2 rings (SSSR count). The molecule has 0 spiro atoms. The van der Waals surface area contributed by atoms with Gasteiger partial charge in [-0.3, -0.25) is 0 Å². The summed E-state index contributed by atoms with van der Waals surface area (Å²) >= 11 is 6.95. The van der Waals surface area contributed by atoms with Gasteiger partial charge in [0, 0.05) is 21.5 Å². The van der Waals surface area contributed by atoms with E-state index in [9.17, 15) is 4.39 Å². The lowest BCUT2D eigenvalue weighted by Crippen LogP contribution is -1.80. The van der Waals surface area contributed by atoms with Crippen molar-refractivity contribution in [3.63, 3.8) is 0 Å². The molecule has 0 saturated heterocycles. The van der Waals surface area contributed by atoms with E-state index >= 15 is 0 Å². The van der Waals surface area contributed by atoms with Crippen LogP contribution in [0.25, 0.3) is 10.1 Å². The summed E-state index contributed by atoms with van der Waals surface area (Å²) in [6.45, 7) is 1.80. The van der Waals surface area contributed by atoms with Crippen LogP contribution in [0.3, 0.4) is 0 Å². The Labute approximate surface area is 85.0 Å². The summed E-state index contributed by atoms with van der Waals surface area (Å²) in [5, 5.41) is 0.882. The lowest BCUT2D eigenvalue weighted by molar-refractivity contribution is 0.650. The second-order valence-corrected chi connectivity index (χ2v) is 4.19. The van der Waals surface area contributed by atoms with E-state index in [-0.39, 0.29) is 5.13 Å². The molecule has 0 N–H and O–H groups in total. The fourth-order valence-electron chi connectivity index (χ4n) is 1.47. The zero-order chi connectivity index (χ0) is 9.42.